The van der Waals surface area contributed by atoms with Crippen LogP contribution in [0.1, 0.15) is 83.5 Å². The molecule has 188 valence electrons. The maximum atomic E-state index is 6.10. The Morgan fingerprint density at radius 2 is 1.86 bits per heavy atom. The number of aromatic nitrogens is 1. The van der Waals surface area contributed by atoms with Crippen molar-refractivity contribution < 1.29 is 0 Å². The molecule has 3 nitrogen and oxygen atoms in total. The van der Waals surface area contributed by atoms with Gasteiger partial charge in [-0.1, -0.05) is 50.1 Å². The molecular weight excluding hydrogens is 450 g/mol. The Morgan fingerprint density at radius 1 is 1.14 bits per heavy atom. The van der Waals surface area contributed by atoms with Gasteiger partial charge in [-0.15, -0.1) is 0 Å². The molecule has 1 saturated carbocycles. The van der Waals surface area contributed by atoms with Crippen LogP contribution in [0.3, 0.4) is 0 Å². The summed E-state index contributed by atoms with van der Waals surface area (Å²) in [5.41, 5.74) is 8.00. The Labute approximate surface area is 218 Å². The number of hydrogen-bond acceptors (Lipinski definition) is 3. The molecule has 3 rings (SSSR count). The third-order valence-electron chi connectivity index (χ3n) is 6.90. The number of nitrogens with zero attached hydrogens (tertiary/aromatic N) is 3. The van der Waals surface area contributed by atoms with E-state index in [0.717, 1.165) is 60.3 Å². The highest BCUT2D eigenvalue weighted by atomic mass is 35.5. The first kappa shape index (κ1) is 27.2. The van der Waals surface area contributed by atoms with Crippen molar-refractivity contribution in [2.24, 2.45) is 10.9 Å². The third-order valence-corrected chi connectivity index (χ3v) is 7.15. The van der Waals surface area contributed by atoms with E-state index in [9.17, 15) is 0 Å². The van der Waals surface area contributed by atoms with Crippen LogP contribution >= 0.6 is 11.6 Å². The number of rotatable bonds is 13. The van der Waals surface area contributed by atoms with Gasteiger partial charge in [0, 0.05) is 52.2 Å². The van der Waals surface area contributed by atoms with E-state index < -0.39 is 0 Å². The van der Waals surface area contributed by atoms with Gasteiger partial charge in [-0.3, -0.25) is 9.98 Å². The molecule has 0 N–H and O–H groups in total. The summed E-state index contributed by atoms with van der Waals surface area (Å²) in [7, 11) is 0. The highest BCUT2D eigenvalue weighted by molar-refractivity contribution is 6.30. The number of aliphatic imine (C=N–C) groups is 1. The summed E-state index contributed by atoms with van der Waals surface area (Å²) in [6.45, 7) is 16.5. The molecule has 1 aromatic heterocycles. The van der Waals surface area contributed by atoms with Crippen LogP contribution in [0.5, 0.6) is 0 Å². The molecule has 0 atom stereocenters. The average Bonchev–Trinajstić information content (AvgIpc) is 3.67. The van der Waals surface area contributed by atoms with Crippen molar-refractivity contribution in [3.63, 3.8) is 0 Å². The highest BCUT2D eigenvalue weighted by Crippen LogP contribution is 2.33. The molecular formula is C31H42ClN3. The molecule has 1 aliphatic carbocycles. The summed E-state index contributed by atoms with van der Waals surface area (Å²) >= 11 is 6.10. The molecule has 0 unspecified atom stereocenters. The normalized spacial score (nSPS) is 14.8. The highest BCUT2D eigenvalue weighted by Gasteiger charge is 2.22. The van der Waals surface area contributed by atoms with Crippen LogP contribution in [0, 0.1) is 5.92 Å². The lowest BCUT2D eigenvalue weighted by atomic mass is 9.99. The minimum absolute atomic E-state index is 0.387. The van der Waals surface area contributed by atoms with E-state index in [4.69, 9.17) is 21.6 Å². The number of pyridine rings is 1. The Balaban J connectivity index is 1.92. The van der Waals surface area contributed by atoms with Gasteiger partial charge in [-0.05, 0) is 101 Å². The second-order valence-corrected chi connectivity index (χ2v) is 10.5. The summed E-state index contributed by atoms with van der Waals surface area (Å²) < 4.78 is 0. The lowest BCUT2D eigenvalue weighted by Crippen LogP contribution is -2.31. The molecule has 0 bridgehead atoms. The van der Waals surface area contributed by atoms with E-state index in [-0.39, 0.29) is 0 Å². The second kappa shape index (κ2) is 13.1. The predicted molar refractivity (Wildman–Crippen MR) is 151 cm³/mol. The zero-order chi connectivity index (χ0) is 25.4. The van der Waals surface area contributed by atoms with Gasteiger partial charge in [-0.2, -0.15) is 0 Å². The molecule has 35 heavy (non-hydrogen) atoms. The van der Waals surface area contributed by atoms with Crippen LogP contribution < -0.4 is 0 Å². The van der Waals surface area contributed by atoms with Crippen molar-refractivity contribution in [3.8, 4) is 0 Å². The third kappa shape index (κ3) is 8.07. The first-order valence-electron chi connectivity index (χ1n) is 13.2. The number of allylic oxidation sites excluding steroid dienone is 2. The van der Waals surface area contributed by atoms with Gasteiger partial charge < -0.3 is 4.90 Å². The van der Waals surface area contributed by atoms with Crippen molar-refractivity contribution >= 4 is 17.3 Å². The molecule has 1 fully saturated rings. The van der Waals surface area contributed by atoms with Crippen molar-refractivity contribution in [3.05, 3.63) is 88.0 Å². The lowest BCUT2D eigenvalue weighted by Gasteiger charge is -2.32. The Hall–Kier alpha value is -2.39. The van der Waals surface area contributed by atoms with E-state index in [0.29, 0.717) is 6.04 Å². The zero-order valence-corrected chi connectivity index (χ0v) is 23.0. The van der Waals surface area contributed by atoms with Crippen molar-refractivity contribution in [1.82, 2.24) is 9.88 Å². The molecule has 0 radical (unpaired) electrons. The van der Waals surface area contributed by atoms with Crippen LogP contribution in [0.4, 0.5) is 0 Å². The maximum Gasteiger partial charge on any atom is 0.0494 e. The number of aryl methyl sites for hydroxylation is 2. The zero-order valence-electron chi connectivity index (χ0n) is 22.3. The summed E-state index contributed by atoms with van der Waals surface area (Å²) in [6.07, 6.45) is 9.82. The van der Waals surface area contributed by atoms with Gasteiger partial charge in [-0.25, -0.2) is 0 Å². The van der Waals surface area contributed by atoms with E-state index in [2.05, 4.69) is 64.3 Å². The molecule has 2 aromatic rings. The number of halogens is 1. The molecule has 1 heterocycles. The lowest BCUT2D eigenvalue weighted by molar-refractivity contribution is 0.288. The van der Waals surface area contributed by atoms with Gasteiger partial charge in [0.15, 0.2) is 0 Å². The standard InChI is InChI=1S/C31H42ClN3/c1-7-21-35(22(2)3)25(6)29(18-14-27-12-16-28(32)17-13-27)23(4)34-24(5)30-9-8-20-33-31(30)19-15-26-10-11-26/h8-9,12-13,16-17,20,22,26H,6-7,10-11,14-15,18-19,21H2,1-5H3/b29-23+,34-24?. The number of benzene rings is 1. The molecule has 0 saturated heterocycles. The largest absolute Gasteiger partial charge is 0.369 e. The molecule has 4 heteroatoms. The second-order valence-electron chi connectivity index (χ2n) is 10.1. The van der Waals surface area contributed by atoms with Crippen LogP contribution in [0.15, 0.2) is 71.1 Å². The SMILES string of the molecule is C=C(/C(CCc1ccc(Cl)cc1)=C(\C)N=C(C)c1cccnc1CCC1CC1)N(CCC)C(C)C. The summed E-state index contributed by atoms with van der Waals surface area (Å²) in [4.78, 5) is 12.3. The van der Waals surface area contributed by atoms with Gasteiger partial charge in [0.25, 0.3) is 0 Å². The molecule has 0 aliphatic heterocycles. The fraction of sp³-hybridized carbons (Fsp3) is 0.484. The Kier molecular flexibility index (Phi) is 10.2. The molecule has 1 aromatic carbocycles. The maximum absolute atomic E-state index is 6.10. The molecule has 1 aliphatic rings. The topological polar surface area (TPSA) is 28.5 Å². The minimum atomic E-state index is 0.387. The Bertz CT molecular complexity index is 1050. The predicted octanol–water partition coefficient (Wildman–Crippen LogP) is 8.43. The average molecular weight is 492 g/mol. The van der Waals surface area contributed by atoms with Gasteiger partial charge in [0.2, 0.25) is 0 Å². The number of hydrogen-bond donors (Lipinski definition) is 0. The fourth-order valence-corrected chi connectivity index (χ4v) is 4.79. The quantitative estimate of drug-likeness (QED) is 0.208. The van der Waals surface area contributed by atoms with Crippen molar-refractivity contribution in [2.75, 3.05) is 6.54 Å². The van der Waals surface area contributed by atoms with Crippen LogP contribution in [0.2, 0.25) is 5.02 Å². The molecule has 0 amide bonds. The van der Waals surface area contributed by atoms with E-state index in [1.165, 1.54) is 41.7 Å². The van der Waals surface area contributed by atoms with Gasteiger partial charge in [0.05, 0.1) is 0 Å². The summed E-state index contributed by atoms with van der Waals surface area (Å²) in [6, 6.07) is 12.7. The Morgan fingerprint density at radius 3 is 2.49 bits per heavy atom. The fourth-order valence-electron chi connectivity index (χ4n) is 4.67. The first-order chi connectivity index (χ1) is 16.8. The van der Waals surface area contributed by atoms with Crippen LogP contribution in [-0.2, 0) is 12.8 Å². The minimum Gasteiger partial charge on any atom is -0.369 e. The molecule has 0 spiro atoms. The smallest absolute Gasteiger partial charge is 0.0494 e. The summed E-state index contributed by atoms with van der Waals surface area (Å²) in [5.74, 6) is 0.895. The van der Waals surface area contributed by atoms with E-state index >= 15 is 0 Å². The van der Waals surface area contributed by atoms with Crippen molar-refractivity contribution in [1.29, 1.82) is 0 Å². The monoisotopic (exact) mass is 491 g/mol. The van der Waals surface area contributed by atoms with Gasteiger partial charge >= 0.3 is 0 Å². The van der Waals surface area contributed by atoms with Gasteiger partial charge in [0.1, 0.15) is 0 Å². The van der Waals surface area contributed by atoms with Crippen molar-refractivity contribution in [2.45, 2.75) is 85.6 Å². The summed E-state index contributed by atoms with van der Waals surface area (Å²) in [5, 5.41) is 0.771. The van der Waals surface area contributed by atoms with E-state index in [1.807, 2.05) is 24.4 Å². The van der Waals surface area contributed by atoms with Crippen LogP contribution in [-0.4, -0.2) is 28.2 Å². The first-order valence-corrected chi connectivity index (χ1v) is 13.6. The van der Waals surface area contributed by atoms with Crippen LogP contribution in [0.25, 0.3) is 0 Å². The van der Waals surface area contributed by atoms with E-state index in [1.54, 1.807) is 0 Å².